The molecule has 1 amide bonds. The Hall–Kier alpha value is -3.62. The van der Waals surface area contributed by atoms with Gasteiger partial charge in [0, 0.05) is 37.8 Å². The molecule has 1 N–H and O–H groups in total. The van der Waals surface area contributed by atoms with Crippen molar-refractivity contribution in [3.05, 3.63) is 53.1 Å². The molecule has 0 atom stereocenters. The van der Waals surface area contributed by atoms with Crippen LogP contribution in [0, 0.1) is 0 Å². The van der Waals surface area contributed by atoms with E-state index in [9.17, 15) is 9.59 Å². The molecular formula is C20H23N5O4. The second kappa shape index (κ2) is 9.05. The molecule has 3 rings (SSSR count). The summed E-state index contributed by atoms with van der Waals surface area (Å²) in [6, 6.07) is 8.73. The van der Waals surface area contributed by atoms with Crippen molar-refractivity contribution in [2.75, 3.05) is 19.5 Å². The largest absolute Gasteiger partial charge is 0.497 e. The molecule has 0 radical (unpaired) electrons. The number of amides is 1. The van der Waals surface area contributed by atoms with E-state index < -0.39 is 0 Å². The maximum absolute atomic E-state index is 12.3. The monoisotopic (exact) mass is 397 g/mol. The molecule has 9 nitrogen and oxygen atoms in total. The Morgan fingerprint density at radius 1 is 1.17 bits per heavy atom. The highest BCUT2D eigenvalue weighted by atomic mass is 16.5. The van der Waals surface area contributed by atoms with Crippen molar-refractivity contribution < 1.29 is 14.3 Å². The first-order valence-electron chi connectivity index (χ1n) is 9.09. The van der Waals surface area contributed by atoms with Gasteiger partial charge in [0.15, 0.2) is 5.75 Å². The van der Waals surface area contributed by atoms with Gasteiger partial charge < -0.3 is 14.8 Å². The predicted octanol–water partition coefficient (Wildman–Crippen LogP) is 2.08. The molecule has 0 aliphatic heterocycles. The quantitative estimate of drug-likeness (QED) is 0.625. The van der Waals surface area contributed by atoms with Gasteiger partial charge in [-0.2, -0.15) is 10.2 Å². The zero-order valence-electron chi connectivity index (χ0n) is 16.6. The fourth-order valence-corrected chi connectivity index (χ4v) is 2.84. The van der Waals surface area contributed by atoms with Crippen molar-refractivity contribution in [1.29, 1.82) is 0 Å². The first kappa shape index (κ1) is 20.1. The van der Waals surface area contributed by atoms with Crippen LogP contribution in [0.25, 0.3) is 11.3 Å². The standard InChI is InChI=1S/C20H23N5O4/c1-24-13-15(12-21-24)22-18(26)5-4-10-25-19(27)11-17(29-3)20(23-25)14-6-8-16(28-2)9-7-14/h6-9,11-13H,4-5,10H2,1-3H3,(H,22,26). The van der Waals surface area contributed by atoms with Crippen LogP contribution in [0.5, 0.6) is 11.5 Å². The summed E-state index contributed by atoms with van der Waals surface area (Å²) in [5.41, 5.74) is 1.70. The van der Waals surface area contributed by atoms with E-state index in [1.165, 1.54) is 17.9 Å². The van der Waals surface area contributed by atoms with Crippen LogP contribution in [0.1, 0.15) is 12.8 Å². The maximum Gasteiger partial charge on any atom is 0.270 e. The molecule has 152 valence electrons. The number of carbonyl (C=O) groups is 1. The molecule has 0 saturated heterocycles. The van der Waals surface area contributed by atoms with Crippen molar-refractivity contribution in [2.45, 2.75) is 19.4 Å². The Bertz CT molecular complexity index is 1040. The van der Waals surface area contributed by atoms with Crippen LogP contribution in [-0.4, -0.2) is 39.7 Å². The average molecular weight is 397 g/mol. The number of anilines is 1. The van der Waals surface area contributed by atoms with Gasteiger partial charge in [-0.05, 0) is 30.7 Å². The minimum Gasteiger partial charge on any atom is -0.497 e. The van der Waals surface area contributed by atoms with Gasteiger partial charge in [-0.15, -0.1) is 0 Å². The van der Waals surface area contributed by atoms with Crippen LogP contribution in [0.3, 0.4) is 0 Å². The fraction of sp³-hybridized carbons (Fsp3) is 0.300. The van der Waals surface area contributed by atoms with Crippen molar-refractivity contribution in [3.8, 4) is 22.8 Å². The molecule has 0 saturated carbocycles. The number of aromatic nitrogens is 4. The molecule has 2 heterocycles. The third-order valence-corrected chi connectivity index (χ3v) is 4.31. The maximum atomic E-state index is 12.3. The number of ether oxygens (including phenoxy) is 2. The molecule has 3 aromatic rings. The van der Waals surface area contributed by atoms with Gasteiger partial charge in [0.2, 0.25) is 5.91 Å². The number of nitrogens with one attached hydrogen (secondary N) is 1. The van der Waals surface area contributed by atoms with Crippen LogP contribution in [0.2, 0.25) is 0 Å². The Labute approximate surface area is 167 Å². The van der Waals surface area contributed by atoms with Gasteiger partial charge in [-0.25, -0.2) is 4.68 Å². The highest BCUT2D eigenvalue weighted by Gasteiger charge is 2.13. The summed E-state index contributed by atoms with van der Waals surface area (Å²) in [6.45, 7) is 0.312. The molecule has 0 spiro atoms. The first-order valence-corrected chi connectivity index (χ1v) is 9.09. The number of carbonyl (C=O) groups excluding carboxylic acids is 1. The third kappa shape index (κ3) is 5.01. The number of methoxy groups -OCH3 is 2. The average Bonchev–Trinajstić information content (AvgIpc) is 3.13. The van der Waals surface area contributed by atoms with Crippen LogP contribution >= 0.6 is 0 Å². The van der Waals surface area contributed by atoms with Gasteiger partial charge in [0.25, 0.3) is 5.56 Å². The van der Waals surface area contributed by atoms with Crippen molar-refractivity contribution >= 4 is 11.6 Å². The summed E-state index contributed by atoms with van der Waals surface area (Å²) in [6.07, 6.45) is 4.02. The summed E-state index contributed by atoms with van der Waals surface area (Å²) in [5.74, 6) is 0.973. The summed E-state index contributed by atoms with van der Waals surface area (Å²) >= 11 is 0. The van der Waals surface area contributed by atoms with E-state index in [2.05, 4.69) is 15.5 Å². The Kier molecular flexibility index (Phi) is 6.28. The zero-order chi connectivity index (χ0) is 20.8. The minimum absolute atomic E-state index is 0.144. The second-order valence-electron chi connectivity index (χ2n) is 6.41. The Morgan fingerprint density at radius 2 is 1.93 bits per heavy atom. The molecule has 0 unspecified atom stereocenters. The lowest BCUT2D eigenvalue weighted by Crippen LogP contribution is -2.24. The lowest BCUT2D eigenvalue weighted by molar-refractivity contribution is -0.116. The molecule has 9 heteroatoms. The van der Waals surface area contributed by atoms with E-state index in [1.54, 1.807) is 31.2 Å². The zero-order valence-corrected chi connectivity index (χ0v) is 16.6. The Balaban J connectivity index is 1.70. The van der Waals surface area contributed by atoms with Crippen LogP contribution in [-0.2, 0) is 18.4 Å². The molecule has 0 fully saturated rings. The van der Waals surface area contributed by atoms with E-state index in [1.807, 2.05) is 24.3 Å². The van der Waals surface area contributed by atoms with E-state index in [0.717, 1.165) is 11.3 Å². The van der Waals surface area contributed by atoms with Crippen molar-refractivity contribution in [3.63, 3.8) is 0 Å². The topological polar surface area (TPSA) is 100 Å². The number of hydrogen-bond acceptors (Lipinski definition) is 6. The highest BCUT2D eigenvalue weighted by Crippen LogP contribution is 2.27. The minimum atomic E-state index is -0.285. The van der Waals surface area contributed by atoms with Gasteiger partial charge in [-0.1, -0.05) is 0 Å². The molecule has 2 aromatic heterocycles. The number of benzene rings is 1. The third-order valence-electron chi connectivity index (χ3n) is 4.31. The van der Waals surface area contributed by atoms with Gasteiger partial charge >= 0.3 is 0 Å². The summed E-state index contributed by atoms with van der Waals surface area (Å²) in [7, 11) is 4.87. The summed E-state index contributed by atoms with van der Waals surface area (Å²) in [4.78, 5) is 24.4. The van der Waals surface area contributed by atoms with Crippen molar-refractivity contribution in [1.82, 2.24) is 19.6 Å². The van der Waals surface area contributed by atoms with Gasteiger partial charge in [0.1, 0.15) is 11.4 Å². The smallest absolute Gasteiger partial charge is 0.270 e. The molecule has 0 aliphatic carbocycles. The van der Waals surface area contributed by atoms with Crippen LogP contribution in [0.15, 0.2) is 47.5 Å². The van der Waals surface area contributed by atoms with E-state index >= 15 is 0 Å². The van der Waals surface area contributed by atoms with E-state index in [-0.39, 0.29) is 17.9 Å². The molecule has 29 heavy (non-hydrogen) atoms. The lowest BCUT2D eigenvalue weighted by atomic mass is 10.1. The first-order chi connectivity index (χ1) is 14.0. The van der Waals surface area contributed by atoms with Gasteiger partial charge in [0.05, 0.1) is 26.1 Å². The summed E-state index contributed by atoms with van der Waals surface area (Å²) < 4.78 is 13.5. The SMILES string of the molecule is COc1ccc(-c2nn(CCCC(=O)Nc3cnn(C)c3)c(=O)cc2OC)cc1. The van der Waals surface area contributed by atoms with Gasteiger partial charge in [-0.3, -0.25) is 14.3 Å². The lowest BCUT2D eigenvalue weighted by Gasteiger charge is -2.12. The molecule has 1 aromatic carbocycles. The molecular weight excluding hydrogens is 374 g/mol. The molecule has 0 bridgehead atoms. The predicted molar refractivity (Wildman–Crippen MR) is 108 cm³/mol. The van der Waals surface area contributed by atoms with E-state index in [0.29, 0.717) is 30.1 Å². The highest BCUT2D eigenvalue weighted by molar-refractivity contribution is 5.90. The molecule has 0 aliphatic rings. The van der Waals surface area contributed by atoms with Crippen LogP contribution in [0.4, 0.5) is 5.69 Å². The number of nitrogens with zero attached hydrogens (tertiary/aromatic N) is 4. The van der Waals surface area contributed by atoms with Crippen molar-refractivity contribution in [2.24, 2.45) is 7.05 Å². The number of rotatable bonds is 8. The summed E-state index contributed by atoms with van der Waals surface area (Å²) in [5, 5.41) is 11.2. The normalized spacial score (nSPS) is 10.6. The number of hydrogen-bond donors (Lipinski definition) is 1. The van der Waals surface area contributed by atoms with Crippen LogP contribution < -0.4 is 20.3 Å². The Morgan fingerprint density at radius 3 is 2.55 bits per heavy atom. The number of aryl methyl sites for hydroxylation is 2. The fourth-order valence-electron chi connectivity index (χ4n) is 2.84. The van der Waals surface area contributed by atoms with E-state index in [4.69, 9.17) is 9.47 Å². The second-order valence-corrected chi connectivity index (χ2v) is 6.41.